The first-order valence-corrected chi connectivity index (χ1v) is 5.94. The molecule has 1 unspecified atom stereocenters. The highest BCUT2D eigenvalue weighted by Gasteiger charge is 2.46. The molecule has 1 rings (SSSR count). The fourth-order valence-electron chi connectivity index (χ4n) is 1.25. The second-order valence-corrected chi connectivity index (χ2v) is 5.06. The zero-order valence-electron chi connectivity index (χ0n) is 8.11. The summed E-state index contributed by atoms with van der Waals surface area (Å²) in [7, 11) is -4.65. The van der Waals surface area contributed by atoms with Gasteiger partial charge in [-0.3, -0.25) is 0 Å². The van der Waals surface area contributed by atoms with Crippen molar-refractivity contribution in [3.05, 3.63) is 35.9 Å². The molecule has 7 heteroatoms. The Labute approximate surface area is 91.1 Å². The Balaban J connectivity index is 2.99. The van der Waals surface area contributed by atoms with Crippen molar-refractivity contribution in [1.82, 2.24) is 0 Å². The fraction of sp³-hybridized carbons (Fsp3) is 0.333. The molecule has 2 N–H and O–H groups in total. The van der Waals surface area contributed by atoms with E-state index >= 15 is 0 Å². The highest BCUT2D eigenvalue weighted by atomic mass is 32.2. The van der Waals surface area contributed by atoms with Crippen LogP contribution in [0.25, 0.3) is 0 Å². The molecule has 0 heterocycles. The summed E-state index contributed by atoms with van der Waals surface area (Å²) < 4.78 is 59.0. The Kier molecular flexibility index (Phi) is 3.59. The SMILES string of the molecule is NS(=O)(=O)C(Cc1ccccc1)C(F)(F)F. The maximum absolute atomic E-state index is 12.4. The Morgan fingerprint density at radius 3 is 2.06 bits per heavy atom. The van der Waals surface area contributed by atoms with Crippen LogP contribution in [0.4, 0.5) is 13.2 Å². The third kappa shape index (κ3) is 3.49. The number of halogens is 3. The van der Waals surface area contributed by atoms with Crippen LogP contribution >= 0.6 is 0 Å². The van der Waals surface area contributed by atoms with E-state index in [1.807, 2.05) is 0 Å². The van der Waals surface area contributed by atoms with Gasteiger partial charge in [0.05, 0.1) is 0 Å². The molecular formula is C9H10F3NO2S. The summed E-state index contributed by atoms with van der Waals surface area (Å²) in [6.45, 7) is 0. The number of nitrogens with two attached hydrogens (primary N) is 1. The van der Waals surface area contributed by atoms with Gasteiger partial charge >= 0.3 is 6.18 Å². The molecule has 0 bridgehead atoms. The van der Waals surface area contributed by atoms with E-state index in [-0.39, 0.29) is 5.56 Å². The number of alkyl halides is 3. The number of benzene rings is 1. The van der Waals surface area contributed by atoms with E-state index in [1.54, 1.807) is 6.07 Å². The van der Waals surface area contributed by atoms with Gasteiger partial charge in [0.25, 0.3) is 0 Å². The Morgan fingerprint density at radius 1 is 1.19 bits per heavy atom. The molecule has 0 aromatic heterocycles. The number of sulfonamides is 1. The number of hydrogen-bond donors (Lipinski definition) is 1. The first kappa shape index (κ1) is 13.0. The topological polar surface area (TPSA) is 60.2 Å². The molecule has 0 fully saturated rings. The van der Waals surface area contributed by atoms with Crippen molar-refractivity contribution in [2.45, 2.75) is 17.8 Å². The van der Waals surface area contributed by atoms with Crippen molar-refractivity contribution >= 4 is 10.0 Å². The molecule has 0 spiro atoms. The van der Waals surface area contributed by atoms with Gasteiger partial charge < -0.3 is 0 Å². The summed E-state index contributed by atoms with van der Waals surface area (Å²) in [6, 6.07) is 7.54. The molecule has 0 amide bonds. The minimum atomic E-state index is -4.86. The molecule has 1 aromatic carbocycles. The van der Waals surface area contributed by atoms with E-state index in [0.717, 1.165) is 0 Å². The van der Waals surface area contributed by atoms with Gasteiger partial charge in [-0.15, -0.1) is 0 Å². The third-order valence-electron chi connectivity index (χ3n) is 2.03. The maximum Gasteiger partial charge on any atom is 0.407 e. The molecule has 0 aliphatic rings. The molecule has 0 aliphatic heterocycles. The lowest BCUT2D eigenvalue weighted by Gasteiger charge is -2.17. The minimum absolute atomic E-state index is 0.277. The molecule has 16 heavy (non-hydrogen) atoms. The van der Waals surface area contributed by atoms with Crippen LogP contribution in [-0.4, -0.2) is 19.8 Å². The normalized spacial score (nSPS) is 14.8. The summed E-state index contributed by atoms with van der Waals surface area (Å²) in [4.78, 5) is 0. The van der Waals surface area contributed by atoms with E-state index < -0.39 is 27.9 Å². The van der Waals surface area contributed by atoms with E-state index in [9.17, 15) is 21.6 Å². The minimum Gasteiger partial charge on any atom is -0.228 e. The fourth-order valence-corrected chi connectivity index (χ4v) is 2.04. The zero-order chi connectivity index (χ0) is 12.4. The van der Waals surface area contributed by atoms with Crippen molar-refractivity contribution in [2.75, 3.05) is 0 Å². The van der Waals surface area contributed by atoms with Gasteiger partial charge in [0.2, 0.25) is 10.0 Å². The van der Waals surface area contributed by atoms with E-state index in [2.05, 4.69) is 5.14 Å². The smallest absolute Gasteiger partial charge is 0.228 e. The van der Waals surface area contributed by atoms with Crippen LogP contribution in [-0.2, 0) is 16.4 Å². The second-order valence-electron chi connectivity index (χ2n) is 3.31. The molecular weight excluding hydrogens is 243 g/mol. The molecule has 1 atom stereocenters. The quantitative estimate of drug-likeness (QED) is 0.886. The van der Waals surface area contributed by atoms with Gasteiger partial charge in [-0.25, -0.2) is 13.6 Å². The number of rotatable bonds is 3. The molecule has 3 nitrogen and oxygen atoms in total. The van der Waals surface area contributed by atoms with E-state index in [0.29, 0.717) is 0 Å². The van der Waals surface area contributed by atoms with Gasteiger partial charge in [-0.05, 0) is 12.0 Å². The molecule has 0 aliphatic carbocycles. The monoisotopic (exact) mass is 253 g/mol. The summed E-state index contributed by atoms with van der Waals surface area (Å²) in [5.74, 6) is 0. The molecule has 0 radical (unpaired) electrons. The molecule has 0 saturated heterocycles. The van der Waals surface area contributed by atoms with Gasteiger partial charge in [0, 0.05) is 0 Å². The van der Waals surface area contributed by atoms with Crippen LogP contribution in [0.3, 0.4) is 0 Å². The van der Waals surface area contributed by atoms with Crippen molar-refractivity contribution in [3.8, 4) is 0 Å². The van der Waals surface area contributed by atoms with E-state index in [4.69, 9.17) is 0 Å². The lowest BCUT2D eigenvalue weighted by atomic mass is 10.1. The van der Waals surface area contributed by atoms with Gasteiger partial charge in [-0.1, -0.05) is 30.3 Å². The van der Waals surface area contributed by atoms with Gasteiger partial charge in [-0.2, -0.15) is 13.2 Å². The predicted octanol–water partition coefficient (Wildman–Crippen LogP) is 1.45. The lowest BCUT2D eigenvalue weighted by molar-refractivity contribution is -0.130. The van der Waals surface area contributed by atoms with E-state index in [1.165, 1.54) is 24.3 Å². The van der Waals surface area contributed by atoms with Crippen molar-refractivity contribution in [1.29, 1.82) is 0 Å². The maximum atomic E-state index is 12.4. The first-order valence-electron chi connectivity index (χ1n) is 4.33. The van der Waals surface area contributed by atoms with Crippen molar-refractivity contribution in [3.63, 3.8) is 0 Å². The lowest BCUT2D eigenvalue weighted by Crippen LogP contribution is -2.42. The number of primary sulfonamides is 1. The summed E-state index contributed by atoms with van der Waals surface area (Å²) in [5.41, 5.74) is 0.277. The summed E-state index contributed by atoms with van der Waals surface area (Å²) >= 11 is 0. The third-order valence-corrected chi connectivity index (χ3v) is 3.25. The molecule has 90 valence electrons. The molecule has 0 saturated carbocycles. The van der Waals surface area contributed by atoms with Crippen LogP contribution in [0.2, 0.25) is 0 Å². The standard InChI is InChI=1S/C9H10F3NO2S/c10-9(11,12)8(16(13,14)15)6-7-4-2-1-3-5-7/h1-5,8H,6H2,(H2,13,14,15). The Morgan fingerprint density at radius 2 is 1.69 bits per heavy atom. The Hall–Kier alpha value is -1.08. The zero-order valence-corrected chi connectivity index (χ0v) is 8.92. The van der Waals surface area contributed by atoms with Crippen molar-refractivity contribution < 1.29 is 21.6 Å². The van der Waals surface area contributed by atoms with Crippen LogP contribution in [0.5, 0.6) is 0 Å². The highest BCUT2D eigenvalue weighted by molar-refractivity contribution is 7.89. The molecule has 1 aromatic rings. The van der Waals surface area contributed by atoms with Crippen LogP contribution in [0, 0.1) is 0 Å². The van der Waals surface area contributed by atoms with Crippen LogP contribution in [0.15, 0.2) is 30.3 Å². The first-order chi connectivity index (χ1) is 7.21. The average Bonchev–Trinajstić information content (AvgIpc) is 2.12. The number of hydrogen-bond acceptors (Lipinski definition) is 2. The van der Waals surface area contributed by atoms with Crippen LogP contribution in [0.1, 0.15) is 5.56 Å². The summed E-state index contributed by atoms with van der Waals surface area (Å²) in [5, 5.41) is 2.01. The van der Waals surface area contributed by atoms with Gasteiger partial charge in [0.15, 0.2) is 5.25 Å². The van der Waals surface area contributed by atoms with Crippen molar-refractivity contribution in [2.24, 2.45) is 5.14 Å². The summed E-state index contributed by atoms with van der Waals surface area (Å²) in [6.07, 6.45) is -5.52. The highest BCUT2D eigenvalue weighted by Crippen LogP contribution is 2.27. The van der Waals surface area contributed by atoms with Crippen LogP contribution < -0.4 is 5.14 Å². The van der Waals surface area contributed by atoms with Gasteiger partial charge in [0.1, 0.15) is 0 Å². The second kappa shape index (κ2) is 4.42. The predicted molar refractivity (Wildman–Crippen MR) is 53.1 cm³/mol. The Bertz CT molecular complexity index is 442. The average molecular weight is 253 g/mol. The largest absolute Gasteiger partial charge is 0.407 e.